The number of carbonyl (C=O) groups excluding carboxylic acids is 1. The molecule has 0 heterocycles. The molecule has 82 valence electrons. The molecule has 1 rings (SSSR count). The lowest BCUT2D eigenvalue weighted by Crippen LogP contribution is -2.27. The second kappa shape index (κ2) is 4.98. The molecule has 0 fully saturated rings. The van der Waals surface area contributed by atoms with E-state index in [1.165, 1.54) is 25.3 Å². The molecule has 15 heavy (non-hydrogen) atoms. The molecule has 0 saturated heterocycles. The summed E-state index contributed by atoms with van der Waals surface area (Å²) in [4.78, 5) is 11.1. The quantitative estimate of drug-likeness (QED) is 0.813. The zero-order chi connectivity index (χ0) is 11.4. The highest BCUT2D eigenvalue weighted by Gasteiger charge is 2.13. The van der Waals surface area contributed by atoms with Crippen molar-refractivity contribution in [2.24, 2.45) is 0 Å². The van der Waals surface area contributed by atoms with Crippen LogP contribution < -0.4 is 5.32 Å². The van der Waals surface area contributed by atoms with Crippen molar-refractivity contribution < 1.29 is 13.9 Å². The van der Waals surface area contributed by atoms with Crippen LogP contribution in [0.1, 0.15) is 6.92 Å². The number of methoxy groups -OCH3 is 1. The van der Waals surface area contributed by atoms with Crippen molar-refractivity contribution >= 4 is 23.3 Å². The van der Waals surface area contributed by atoms with Gasteiger partial charge in [-0.15, -0.1) is 0 Å². The van der Waals surface area contributed by atoms with E-state index in [0.717, 1.165) is 0 Å². The number of hydrogen-bond donors (Lipinski definition) is 1. The summed E-state index contributed by atoms with van der Waals surface area (Å²) in [5.74, 6) is -0.827. The van der Waals surface area contributed by atoms with Crippen molar-refractivity contribution in [3.05, 3.63) is 29.0 Å². The Morgan fingerprint density at radius 3 is 2.80 bits per heavy atom. The van der Waals surface area contributed by atoms with E-state index in [9.17, 15) is 9.18 Å². The lowest BCUT2D eigenvalue weighted by Gasteiger charge is -2.13. The van der Waals surface area contributed by atoms with Crippen LogP contribution in [0.2, 0.25) is 5.02 Å². The summed E-state index contributed by atoms with van der Waals surface area (Å²) in [5.41, 5.74) is 0.496. The van der Waals surface area contributed by atoms with E-state index in [1.54, 1.807) is 6.92 Å². The largest absolute Gasteiger partial charge is 0.467 e. The minimum atomic E-state index is -0.530. The van der Waals surface area contributed by atoms with Crippen molar-refractivity contribution in [2.75, 3.05) is 12.4 Å². The number of benzene rings is 1. The number of hydrogen-bond acceptors (Lipinski definition) is 3. The molecule has 0 bridgehead atoms. The van der Waals surface area contributed by atoms with Gasteiger partial charge in [0.1, 0.15) is 11.9 Å². The number of ether oxygens (including phenoxy) is 1. The van der Waals surface area contributed by atoms with Gasteiger partial charge in [-0.1, -0.05) is 11.6 Å². The van der Waals surface area contributed by atoms with Crippen LogP contribution in [0, 0.1) is 5.82 Å². The summed E-state index contributed by atoms with van der Waals surface area (Å²) < 4.78 is 17.2. The first-order chi connectivity index (χ1) is 7.04. The predicted molar refractivity (Wildman–Crippen MR) is 56.5 cm³/mol. The molecular formula is C10H11ClFNO2. The smallest absolute Gasteiger partial charge is 0.327 e. The van der Waals surface area contributed by atoms with Crippen LogP contribution in [-0.4, -0.2) is 19.1 Å². The number of halogens is 2. The molecule has 0 aromatic heterocycles. The first-order valence-corrected chi connectivity index (χ1v) is 4.72. The number of anilines is 1. The van der Waals surface area contributed by atoms with Gasteiger partial charge in [-0.05, 0) is 25.1 Å². The molecule has 0 radical (unpaired) electrons. The average Bonchev–Trinajstić information content (AvgIpc) is 2.20. The maximum Gasteiger partial charge on any atom is 0.327 e. The van der Waals surface area contributed by atoms with Crippen LogP contribution in [-0.2, 0) is 9.53 Å². The Hall–Kier alpha value is -1.29. The number of carbonyl (C=O) groups is 1. The maximum absolute atomic E-state index is 12.7. The molecule has 1 N–H and O–H groups in total. The van der Waals surface area contributed by atoms with Crippen molar-refractivity contribution in [3.63, 3.8) is 0 Å². The van der Waals surface area contributed by atoms with Crippen LogP contribution in [0.5, 0.6) is 0 Å². The number of nitrogens with one attached hydrogen (secondary N) is 1. The topological polar surface area (TPSA) is 38.3 Å². The summed E-state index contributed by atoms with van der Waals surface area (Å²) in [6.07, 6.45) is 0. The SMILES string of the molecule is COC(=O)C(C)Nc1ccc(F)cc1Cl. The van der Waals surface area contributed by atoms with Gasteiger partial charge in [-0.2, -0.15) is 0 Å². The lowest BCUT2D eigenvalue weighted by molar-refractivity contribution is -0.141. The fraction of sp³-hybridized carbons (Fsp3) is 0.300. The molecule has 0 spiro atoms. The highest BCUT2D eigenvalue weighted by molar-refractivity contribution is 6.33. The highest BCUT2D eigenvalue weighted by Crippen LogP contribution is 2.23. The molecular weight excluding hydrogens is 221 g/mol. The summed E-state index contributed by atoms with van der Waals surface area (Å²) in [7, 11) is 1.30. The lowest BCUT2D eigenvalue weighted by atomic mass is 10.2. The van der Waals surface area contributed by atoms with Gasteiger partial charge in [0, 0.05) is 0 Å². The van der Waals surface area contributed by atoms with Crippen molar-refractivity contribution in [1.29, 1.82) is 0 Å². The summed E-state index contributed by atoms with van der Waals surface area (Å²) in [5, 5.41) is 3.04. The summed E-state index contributed by atoms with van der Waals surface area (Å²) >= 11 is 5.77. The monoisotopic (exact) mass is 231 g/mol. The van der Waals surface area contributed by atoms with Crippen molar-refractivity contribution in [3.8, 4) is 0 Å². The molecule has 1 unspecified atom stereocenters. The number of esters is 1. The molecule has 0 aliphatic carbocycles. The van der Waals surface area contributed by atoms with E-state index in [2.05, 4.69) is 10.1 Å². The minimum Gasteiger partial charge on any atom is -0.467 e. The van der Waals surface area contributed by atoms with Gasteiger partial charge in [0.15, 0.2) is 0 Å². The van der Waals surface area contributed by atoms with E-state index in [0.29, 0.717) is 5.69 Å². The molecule has 1 aromatic carbocycles. The maximum atomic E-state index is 12.7. The first-order valence-electron chi connectivity index (χ1n) is 4.34. The van der Waals surface area contributed by atoms with E-state index < -0.39 is 17.8 Å². The molecule has 1 atom stereocenters. The van der Waals surface area contributed by atoms with E-state index in [-0.39, 0.29) is 5.02 Å². The van der Waals surface area contributed by atoms with E-state index in [1.807, 2.05) is 0 Å². The Morgan fingerprint density at radius 1 is 1.60 bits per heavy atom. The van der Waals surface area contributed by atoms with Crippen LogP contribution in [0.3, 0.4) is 0 Å². The number of rotatable bonds is 3. The molecule has 0 aliphatic rings. The first kappa shape index (κ1) is 11.8. The molecule has 5 heteroatoms. The average molecular weight is 232 g/mol. The standard InChI is InChI=1S/C10H11ClFNO2/c1-6(10(14)15-2)13-9-4-3-7(12)5-8(9)11/h3-6,13H,1-2H3. The molecule has 3 nitrogen and oxygen atoms in total. The second-order valence-electron chi connectivity index (χ2n) is 3.01. The normalized spacial score (nSPS) is 12.0. The van der Waals surface area contributed by atoms with Gasteiger partial charge < -0.3 is 10.1 Å². The molecule has 0 amide bonds. The second-order valence-corrected chi connectivity index (χ2v) is 3.42. The van der Waals surface area contributed by atoms with Crippen molar-refractivity contribution in [1.82, 2.24) is 0 Å². The third kappa shape index (κ3) is 3.09. The van der Waals surface area contributed by atoms with Gasteiger partial charge in [-0.3, -0.25) is 0 Å². The zero-order valence-corrected chi connectivity index (χ0v) is 9.14. The third-order valence-corrected chi connectivity index (χ3v) is 2.17. The Kier molecular flexibility index (Phi) is 3.91. The van der Waals surface area contributed by atoms with Gasteiger partial charge in [0.2, 0.25) is 0 Å². The summed E-state index contributed by atoms with van der Waals surface area (Å²) in [6.45, 7) is 1.63. The Labute approximate surface area is 92.2 Å². The minimum absolute atomic E-state index is 0.228. The van der Waals surface area contributed by atoms with Crippen LogP contribution in [0.4, 0.5) is 10.1 Å². The third-order valence-electron chi connectivity index (χ3n) is 1.86. The van der Waals surface area contributed by atoms with Crippen molar-refractivity contribution in [2.45, 2.75) is 13.0 Å². The van der Waals surface area contributed by atoms with Gasteiger partial charge in [0.25, 0.3) is 0 Å². The molecule has 0 saturated carbocycles. The Morgan fingerprint density at radius 2 is 2.27 bits per heavy atom. The van der Waals surface area contributed by atoms with Gasteiger partial charge in [-0.25, -0.2) is 9.18 Å². The van der Waals surface area contributed by atoms with Gasteiger partial charge in [0.05, 0.1) is 17.8 Å². The van der Waals surface area contributed by atoms with Crippen LogP contribution >= 0.6 is 11.6 Å². The van der Waals surface area contributed by atoms with Crippen LogP contribution in [0.15, 0.2) is 18.2 Å². The van der Waals surface area contributed by atoms with E-state index >= 15 is 0 Å². The predicted octanol–water partition coefficient (Wildman–Crippen LogP) is 2.45. The zero-order valence-electron chi connectivity index (χ0n) is 8.38. The highest BCUT2D eigenvalue weighted by atomic mass is 35.5. The fourth-order valence-electron chi connectivity index (χ4n) is 1.08. The van der Waals surface area contributed by atoms with E-state index in [4.69, 9.17) is 11.6 Å². The fourth-order valence-corrected chi connectivity index (χ4v) is 1.30. The Bertz CT molecular complexity index is 370. The van der Waals surface area contributed by atoms with Gasteiger partial charge >= 0.3 is 5.97 Å². The summed E-state index contributed by atoms with van der Waals surface area (Å²) in [6, 6.07) is 3.38. The molecule has 0 aliphatic heterocycles. The Balaban J connectivity index is 2.76. The van der Waals surface area contributed by atoms with Crippen LogP contribution in [0.25, 0.3) is 0 Å². The molecule has 1 aromatic rings.